The molecule has 0 aliphatic carbocycles. The van der Waals surface area contributed by atoms with Crippen LogP contribution in [-0.4, -0.2) is 85.0 Å². The van der Waals surface area contributed by atoms with Gasteiger partial charge in [-0.1, -0.05) is 18.2 Å². The van der Waals surface area contributed by atoms with E-state index >= 15 is 0 Å². The first-order chi connectivity index (χ1) is 19.4. The van der Waals surface area contributed by atoms with Crippen molar-refractivity contribution in [2.75, 3.05) is 55.7 Å². The highest BCUT2D eigenvalue weighted by molar-refractivity contribution is 5.96. The molecule has 2 fully saturated rings. The van der Waals surface area contributed by atoms with Crippen LogP contribution in [0.3, 0.4) is 0 Å². The number of nitro benzene ring substituents is 1. The molecule has 2 amide bonds. The molecule has 0 aromatic heterocycles. The van der Waals surface area contributed by atoms with E-state index in [1.54, 1.807) is 28.9 Å². The molecule has 40 heavy (non-hydrogen) atoms. The van der Waals surface area contributed by atoms with Crippen LogP contribution in [0.15, 0.2) is 42.5 Å². The summed E-state index contributed by atoms with van der Waals surface area (Å²) in [4.78, 5) is 59.1. The lowest BCUT2D eigenvalue weighted by Gasteiger charge is -2.40. The fourth-order valence-corrected chi connectivity index (χ4v) is 5.37. The molecule has 0 atom stereocenters. The summed E-state index contributed by atoms with van der Waals surface area (Å²) in [5, 5.41) is 13.5. The van der Waals surface area contributed by atoms with Crippen molar-refractivity contribution in [1.82, 2.24) is 9.96 Å². The summed E-state index contributed by atoms with van der Waals surface area (Å²) in [7, 11) is 0. The van der Waals surface area contributed by atoms with E-state index in [9.17, 15) is 24.5 Å². The van der Waals surface area contributed by atoms with Crippen molar-refractivity contribution < 1.29 is 33.6 Å². The maximum Gasteiger partial charge on any atom is 0.527 e. The van der Waals surface area contributed by atoms with Crippen molar-refractivity contribution in [2.24, 2.45) is 0 Å². The Morgan fingerprint density at radius 2 is 1.75 bits per heavy atom. The highest BCUT2D eigenvalue weighted by Gasteiger charge is 2.35. The number of carbonyl (C=O) groups is 3. The second-order valence-corrected chi connectivity index (χ2v) is 9.73. The predicted octanol–water partition coefficient (Wildman–Crippen LogP) is 3.57. The number of ether oxygens (including phenoxy) is 2. The molecule has 3 aliphatic heterocycles. The summed E-state index contributed by atoms with van der Waals surface area (Å²) < 4.78 is 10.1. The number of piperidine rings is 1. The van der Waals surface area contributed by atoms with Crippen LogP contribution in [0.25, 0.3) is 0 Å². The van der Waals surface area contributed by atoms with Crippen LogP contribution >= 0.6 is 0 Å². The number of hydroxylamine groups is 2. The Hall–Kier alpha value is -4.39. The molecule has 13 heteroatoms. The number of carbonyl (C=O) groups excluding carboxylic acids is 3. The van der Waals surface area contributed by atoms with E-state index in [4.69, 9.17) is 14.3 Å². The van der Waals surface area contributed by atoms with Crippen LogP contribution in [0.2, 0.25) is 0 Å². The minimum Gasteiger partial charge on any atom is -0.444 e. The molecule has 0 spiro atoms. The molecule has 0 saturated carbocycles. The zero-order valence-corrected chi connectivity index (χ0v) is 22.2. The molecular weight excluding hydrogens is 522 g/mol. The fourth-order valence-electron chi connectivity index (χ4n) is 5.37. The van der Waals surface area contributed by atoms with E-state index in [0.29, 0.717) is 57.8 Å². The molecule has 3 heterocycles. The number of nitrogens with zero attached hydrogens (tertiary/aromatic N) is 5. The van der Waals surface area contributed by atoms with Gasteiger partial charge in [-0.3, -0.25) is 19.8 Å². The average molecular weight is 554 g/mol. The quantitative estimate of drug-likeness (QED) is 0.297. The summed E-state index contributed by atoms with van der Waals surface area (Å²) in [5.74, 6) is -0.327. The molecule has 0 bridgehead atoms. The Labute approximate surface area is 230 Å². The molecule has 2 aromatic carbocycles. The molecule has 0 N–H and O–H groups in total. The third kappa shape index (κ3) is 5.64. The molecule has 0 unspecified atom stereocenters. The summed E-state index contributed by atoms with van der Waals surface area (Å²) >= 11 is 0. The predicted molar refractivity (Wildman–Crippen MR) is 143 cm³/mol. The van der Waals surface area contributed by atoms with Gasteiger partial charge in [-0.05, 0) is 38.0 Å². The highest BCUT2D eigenvalue weighted by atomic mass is 16.8. The van der Waals surface area contributed by atoms with Crippen LogP contribution in [0.5, 0.6) is 0 Å². The molecule has 2 saturated heterocycles. The highest BCUT2D eigenvalue weighted by Crippen LogP contribution is 2.35. The number of nitro groups is 1. The zero-order valence-electron chi connectivity index (χ0n) is 22.2. The molecule has 13 nitrogen and oxygen atoms in total. The Bertz CT molecular complexity index is 1290. The fraction of sp³-hybridized carbons (Fsp3) is 0.444. The number of para-hydroxylation sites is 1. The smallest absolute Gasteiger partial charge is 0.444 e. The minimum atomic E-state index is -0.793. The van der Waals surface area contributed by atoms with Gasteiger partial charge < -0.3 is 24.1 Å². The number of hydrogen-bond acceptors (Lipinski definition) is 10. The normalized spacial score (nSPS) is 18.1. The standard InChI is InChI=1S/C27H31N5O8/c1-2-38-27(35)40-30-15-13-29(14-16-30)25(33)19-7-8-23(24(17-19)32(36)37)28-11-9-21(10-12-28)31-22-6-4-3-5-20(22)18-39-26(31)34/h3-8,17,21H,2,9-16,18H2,1H3. The first-order valence-corrected chi connectivity index (χ1v) is 13.3. The van der Waals surface area contributed by atoms with E-state index in [0.717, 1.165) is 11.3 Å². The van der Waals surface area contributed by atoms with Gasteiger partial charge in [-0.15, -0.1) is 5.06 Å². The van der Waals surface area contributed by atoms with E-state index < -0.39 is 11.1 Å². The van der Waals surface area contributed by atoms with Gasteiger partial charge in [0.2, 0.25) is 0 Å². The first-order valence-electron chi connectivity index (χ1n) is 13.3. The minimum absolute atomic E-state index is 0.0865. The first kappa shape index (κ1) is 27.2. The molecule has 5 rings (SSSR count). The lowest BCUT2D eigenvalue weighted by molar-refractivity contribution is -0.384. The molecular formula is C27H31N5O8. The Morgan fingerprint density at radius 3 is 2.45 bits per heavy atom. The van der Waals surface area contributed by atoms with Crippen molar-refractivity contribution in [3.63, 3.8) is 0 Å². The maximum absolute atomic E-state index is 13.1. The summed E-state index contributed by atoms with van der Waals surface area (Å²) in [5.41, 5.74) is 2.32. The zero-order chi connectivity index (χ0) is 28.2. The van der Waals surface area contributed by atoms with Crippen LogP contribution in [0.4, 0.5) is 26.7 Å². The van der Waals surface area contributed by atoms with Crippen molar-refractivity contribution in [3.05, 3.63) is 63.7 Å². The van der Waals surface area contributed by atoms with Gasteiger partial charge in [0.1, 0.15) is 12.3 Å². The van der Waals surface area contributed by atoms with E-state index in [1.807, 2.05) is 29.2 Å². The number of fused-ring (bicyclic) bond motifs is 1. The van der Waals surface area contributed by atoms with Gasteiger partial charge in [0.15, 0.2) is 0 Å². The van der Waals surface area contributed by atoms with Gasteiger partial charge in [-0.25, -0.2) is 9.59 Å². The van der Waals surface area contributed by atoms with E-state index in [-0.39, 0.29) is 42.5 Å². The van der Waals surface area contributed by atoms with Gasteiger partial charge in [0, 0.05) is 49.4 Å². The van der Waals surface area contributed by atoms with Crippen LogP contribution < -0.4 is 9.80 Å². The number of rotatable bonds is 6. The maximum atomic E-state index is 13.1. The summed E-state index contributed by atoms with van der Waals surface area (Å²) in [6, 6.07) is 12.1. The summed E-state index contributed by atoms with van der Waals surface area (Å²) in [6.07, 6.45) is 0.0521. The number of piperazine rings is 1. The number of benzene rings is 2. The van der Waals surface area contributed by atoms with Crippen molar-refractivity contribution >= 4 is 35.2 Å². The van der Waals surface area contributed by atoms with Crippen LogP contribution in [0.1, 0.15) is 35.7 Å². The second kappa shape index (κ2) is 11.8. The van der Waals surface area contributed by atoms with E-state index in [1.165, 1.54) is 11.1 Å². The average Bonchev–Trinajstić information content (AvgIpc) is 2.97. The Kier molecular flexibility index (Phi) is 8.01. The second-order valence-electron chi connectivity index (χ2n) is 9.73. The Morgan fingerprint density at radius 1 is 1.02 bits per heavy atom. The lowest BCUT2D eigenvalue weighted by Crippen LogP contribution is -2.49. The number of amides is 2. The number of cyclic esters (lactones) is 1. The lowest BCUT2D eigenvalue weighted by atomic mass is 9.99. The number of hydrogen-bond donors (Lipinski definition) is 0. The Balaban J connectivity index is 1.23. The molecule has 3 aliphatic rings. The van der Waals surface area contributed by atoms with Gasteiger partial charge in [-0.2, -0.15) is 0 Å². The molecule has 2 aromatic rings. The van der Waals surface area contributed by atoms with Gasteiger partial charge in [0.05, 0.1) is 30.3 Å². The summed E-state index contributed by atoms with van der Waals surface area (Å²) in [6.45, 7) is 4.33. The molecule has 0 radical (unpaired) electrons. The van der Waals surface area contributed by atoms with Crippen molar-refractivity contribution in [3.8, 4) is 0 Å². The topological polar surface area (TPSA) is 135 Å². The molecule has 212 valence electrons. The van der Waals surface area contributed by atoms with Crippen molar-refractivity contribution in [1.29, 1.82) is 0 Å². The largest absolute Gasteiger partial charge is 0.527 e. The van der Waals surface area contributed by atoms with Crippen molar-refractivity contribution in [2.45, 2.75) is 32.4 Å². The SMILES string of the molecule is CCOC(=O)ON1CCN(C(=O)c2ccc(N3CCC(N4C(=O)OCc5ccccc54)CC3)c([N+](=O)[O-])c2)CC1. The van der Waals surface area contributed by atoms with Crippen LogP contribution in [-0.2, 0) is 20.9 Å². The third-order valence-corrected chi connectivity index (χ3v) is 7.38. The number of anilines is 2. The van der Waals surface area contributed by atoms with Crippen LogP contribution in [0, 0.1) is 10.1 Å². The monoisotopic (exact) mass is 553 g/mol. The van der Waals surface area contributed by atoms with Gasteiger partial charge in [0.25, 0.3) is 11.6 Å². The van der Waals surface area contributed by atoms with Gasteiger partial charge >= 0.3 is 12.2 Å². The third-order valence-electron chi connectivity index (χ3n) is 7.38. The van der Waals surface area contributed by atoms with E-state index in [2.05, 4.69) is 0 Å².